The first-order chi connectivity index (χ1) is 11.2. The summed E-state index contributed by atoms with van der Waals surface area (Å²) in [5.41, 5.74) is 1.20. The van der Waals surface area contributed by atoms with Crippen molar-refractivity contribution in [2.24, 2.45) is 0 Å². The zero-order chi connectivity index (χ0) is 16.2. The van der Waals surface area contributed by atoms with Gasteiger partial charge in [0.05, 0.1) is 6.54 Å². The molecular weight excluding hydrogens is 312 g/mol. The molecule has 3 rings (SSSR count). The summed E-state index contributed by atoms with van der Waals surface area (Å²) < 4.78 is 5.60. The molecule has 0 spiro atoms. The molecule has 1 atom stereocenters. The third-order valence-corrected chi connectivity index (χ3v) is 4.82. The minimum atomic E-state index is 0.334. The Morgan fingerprint density at radius 1 is 1.13 bits per heavy atom. The third kappa shape index (κ3) is 3.91. The predicted molar refractivity (Wildman–Crippen MR) is 90.4 cm³/mol. The number of hydrogen-bond acceptors (Lipinski definition) is 5. The summed E-state index contributed by atoms with van der Waals surface area (Å²) in [6, 6.07) is 8.44. The van der Waals surface area contributed by atoms with Gasteiger partial charge in [-0.05, 0) is 18.6 Å². The maximum Gasteiger partial charge on any atom is 0.230 e. The van der Waals surface area contributed by atoms with Gasteiger partial charge in [0.1, 0.15) is 0 Å². The number of aryl methyl sites for hydroxylation is 1. The molecule has 0 N–H and O–H groups in total. The first-order valence-electron chi connectivity index (χ1n) is 8.19. The first-order valence-corrected chi connectivity index (χ1v) is 8.57. The number of benzene rings is 1. The fraction of sp³-hybridized carbons (Fsp3) is 0.529. The van der Waals surface area contributed by atoms with E-state index in [1.807, 2.05) is 19.1 Å². The Hall–Kier alpha value is -1.43. The molecule has 23 heavy (non-hydrogen) atoms. The van der Waals surface area contributed by atoms with Crippen LogP contribution in [0.5, 0.6) is 0 Å². The second kappa shape index (κ2) is 7.43. The van der Waals surface area contributed by atoms with Gasteiger partial charge in [-0.15, -0.1) is 10.2 Å². The molecule has 1 aromatic heterocycles. The first kappa shape index (κ1) is 16.4. The maximum atomic E-state index is 6.33. The van der Waals surface area contributed by atoms with Gasteiger partial charge in [-0.2, -0.15) is 0 Å². The van der Waals surface area contributed by atoms with E-state index >= 15 is 0 Å². The molecule has 1 aromatic carbocycles. The third-order valence-electron chi connectivity index (χ3n) is 4.48. The summed E-state index contributed by atoms with van der Waals surface area (Å²) in [5.74, 6) is 1.43. The second-order valence-electron chi connectivity index (χ2n) is 5.95. The van der Waals surface area contributed by atoms with Crippen LogP contribution in [0, 0.1) is 0 Å². The number of halogens is 1. The highest BCUT2D eigenvalue weighted by atomic mass is 35.5. The molecule has 1 saturated heterocycles. The Labute approximate surface area is 142 Å². The van der Waals surface area contributed by atoms with Crippen molar-refractivity contribution < 1.29 is 4.42 Å². The average molecular weight is 335 g/mol. The van der Waals surface area contributed by atoms with E-state index in [1.54, 1.807) is 0 Å². The molecule has 124 valence electrons. The number of piperazine rings is 1. The lowest BCUT2D eigenvalue weighted by atomic mass is 10.1. The van der Waals surface area contributed by atoms with Crippen LogP contribution in [-0.4, -0.2) is 46.2 Å². The van der Waals surface area contributed by atoms with Crippen molar-refractivity contribution in [1.82, 2.24) is 20.0 Å². The van der Waals surface area contributed by atoms with Crippen LogP contribution in [-0.2, 0) is 13.0 Å². The topological polar surface area (TPSA) is 45.4 Å². The van der Waals surface area contributed by atoms with Gasteiger partial charge in [0.2, 0.25) is 11.8 Å². The molecule has 1 aliphatic rings. The molecule has 0 amide bonds. The minimum Gasteiger partial charge on any atom is -0.424 e. The van der Waals surface area contributed by atoms with Crippen LogP contribution < -0.4 is 0 Å². The minimum absolute atomic E-state index is 0.334. The van der Waals surface area contributed by atoms with E-state index in [0.29, 0.717) is 11.9 Å². The lowest BCUT2D eigenvalue weighted by Gasteiger charge is -2.37. The van der Waals surface area contributed by atoms with Gasteiger partial charge in [-0.25, -0.2) is 0 Å². The van der Waals surface area contributed by atoms with E-state index in [-0.39, 0.29) is 0 Å². The summed E-state index contributed by atoms with van der Waals surface area (Å²) in [5, 5.41) is 8.98. The smallest absolute Gasteiger partial charge is 0.230 e. The molecule has 6 heteroatoms. The molecule has 0 bridgehead atoms. The molecule has 0 aliphatic carbocycles. The van der Waals surface area contributed by atoms with E-state index in [9.17, 15) is 0 Å². The fourth-order valence-corrected chi connectivity index (χ4v) is 3.30. The van der Waals surface area contributed by atoms with E-state index in [0.717, 1.165) is 50.1 Å². The van der Waals surface area contributed by atoms with Gasteiger partial charge in [0.15, 0.2) is 0 Å². The number of hydrogen-bond donors (Lipinski definition) is 0. The predicted octanol–water partition coefficient (Wildman–Crippen LogP) is 3.16. The molecule has 1 fully saturated rings. The van der Waals surface area contributed by atoms with Gasteiger partial charge >= 0.3 is 0 Å². The molecule has 1 unspecified atom stereocenters. The Morgan fingerprint density at radius 3 is 2.48 bits per heavy atom. The summed E-state index contributed by atoms with van der Waals surface area (Å²) in [4.78, 5) is 4.84. The van der Waals surface area contributed by atoms with Crippen molar-refractivity contribution in [3.8, 4) is 0 Å². The van der Waals surface area contributed by atoms with Gasteiger partial charge in [-0.3, -0.25) is 9.80 Å². The standard InChI is InChI=1S/C17H23ClN4O/c1-3-16-19-20-17(23-16)12-21-8-10-22(11-9-21)13(2)14-6-4-5-7-15(14)18/h4-7,13H,3,8-12H2,1-2H3. The van der Waals surface area contributed by atoms with E-state index in [4.69, 9.17) is 16.0 Å². The lowest BCUT2D eigenvalue weighted by molar-refractivity contribution is 0.0919. The molecule has 2 aromatic rings. The highest BCUT2D eigenvalue weighted by Gasteiger charge is 2.24. The lowest BCUT2D eigenvalue weighted by Crippen LogP contribution is -2.46. The van der Waals surface area contributed by atoms with Crippen LogP contribution in [0.4, 0.5) is 0 Å². The molecule has 1 aliphatic heterocycles. The Kier molecular flexibility index (Phi) is 5.30. The molecule has 5 nitrogen and oxygen atoms in total. The summed E-state index contributed by atoms with van der Waals surface area (Å²) in [6.07, 6.45) is 0.788. The summed E-state index contributed by atoms with van der Waals surface area (Å²) >= 11 is 6.33. The van der Waals surface area contributed by atoms with E-state index < -0.39 is 0 Å². The van der Waals surface area contributed by atoms with Crippen molar-refractivity contribution in [3.05, 3.63) is 46.6 Å². The number of rotatable bonds is 5. The van der Waals surface area contributed by atoms with E-state index in [1.165, 1.54) is 5.56 Å². The monoisotopic (exact) mass is 334 g/mol. The van der Waals surface area contributed by atoms with Crippen LogP contribution in [0.1, 0.15) is 37.2 Å². The van der Waals surface area contributed by atoms with Crippen molar-refractivity contribution in [2.75, 3.05) is 26.2 Å². The van der Waals surface area contributed by atoms with Gasteiger partial charge < -0.3 is 4.42 Å². The number of nitrogens with zero attached hydrogens (tertiary/aromatic N) is 4. The second-order valence-corrected chi connectivity index (χ2v) is 6.36. The Balaban J connectivity index is 1.55. The maximum absolute atomic E-state index is 6.33. The van der Waals surface area contributed by atoms with Gasteiger partial charge in [-0.1, -0.05) is 36.7 Å². The van der Waals surface area contributed by atoms with Crippen LogP contribution >= 0.6 is 11.6 Å². The van der Waals surface area contributed by atoms with Crippen molar-refractivity contribution in [3.63, 3.8) is 0 Å². The summed E-state index contributed by atoms with van der Waals surface area (Å²) in [7, 11) is 0. The normalized spacial score (nSPS) is 18.2. The van der Waals surface area contributed by atoms with Crippen LogP contribution in [0.15, 0.2) is 28.7 Å². The Morgan fingerprint density at radius 2 is 1.83 bits per heavy atom. The van der Waals surface area contributed by atoms with Crippen LogP contribution in [0.3, 0.4) is 0 Å². The summed E-state index contributed by atoms with van der Waals surface area (Å²) in [6.45, 7) is 9.01. The van der Waals surface area contributed by atoms with Crippen molar-refractivity contribution >= 4 is 11.6 Å². The zero-order valence-corrected chi connectivity index (χ0v) is 14.5. The quantitative estimate of drug-likeness (QED) is 0.840. The molecular formula is C17H23ClN4O. The number of aromatic nitrogens is 2. The average Bonchev–Trinajstić information content (AvgIpc) is 3.03. The highest BCUT2D eigenvalue weighted by molar-refractivity contribution is 6.31. The van der Waals surface area contributed by atoms with Gasteiger partial charge in [0, 0.05) is 43.7 Å². The molecule has 0 saturated carbocycles. The zero-order valence-electron chi connectivity index (χ0n) is 13.7. The largest absolute Gasteiger partial charge is 0.424 e. The van der Waals surface area contributed by atoms with Crippen LogP contribution in [0.2, 0.25) is 5.02 Å². The van der Waals surface area contributed by atoms with Crippen LogP contribution in [0.25, 0.3) is 0 Å². The highest BCUT2D eigenvalue weighted by Crippen LogP contribution is 2.27. The molecule has 0 radical (unpaired) electrons. The van der Waals surface area contributed by atoms with Crippen molar-refractivity contribution in [1.29, 1.82) is 0 Å². The molecule has 2 heterocycles. The Bertz CT molecular complexity index is 637. The fourth-order valence-electron chi connectivity index (χ4n) is 3.01. The van der Waals surface area contributed by atoms with Crippen molar-refractivity contribution in [2.45, 2.75) is 32.9 Å². The van der Waals surface area contributed by atoms with Gasteiger partial charge in [0.25, 0.3) is 0 Å². The van der Waals surface area contributed by atoms with E-state index in [2.05, 4.69) is 39.1 Å². The SMILES string of the molecule is CCc1nnc(CN2CCN(C(C)c3ccccc3Cl)CC2)o1.